The van der Waals surface area contributed by atoms with Gasteiger partial charge in [-0.15, -0.1) is 0 Å². The summed E-state index contributed by atoms with van der Waals surface area (Å²) in [5.74, 6) is -0.0824. The molecule has 1 heterocycles. The van der Waals surface area contributed by atoms with Gasteiger partial charge in [0.25, 0.3) is 0 Å². The van der Waals surface area contributed by atoms with Gasteiger partial charge in [0.2, 0.25) is 0 Å². The lowest BCUT2D eigenvalue weighted by atomic mass is 10.0. The van der Waals surface area contributed by atoms with E-state index in [-0.39, 0.29) is 11.7 Å². The van der Waals surface area contributed by atoms with Crippen LogP contribution in [0.2, 0.25) is 5.02 Å². The van der Waals surface area contributed by atoms with E-state index in [1.54, 1.807) is 12.1 Å². The van der Waals surface area contributed by atoms with E-state index in [0.717, 1.165) is 22.5 Å². The van der Waals surface area contributed by atoms with Crippen molar-refractivity contribution >= 4 is 29.7 Å². The second-order valence-corrected chi connectivity index (χ2v) is 6.75. The Balaban J connectivity index is 2.09. The van der Waals surface area contributed by atoms with Crippen LogP contribution in [-0.4, -0.2) is 22.1 Å². The van der Waals surface area contributed by atoms with Crippen molar-refractivity contribution in [2.45, 2.75) is 19.9 Å². The van der Waals surface area contributed by atoms with Crippen LogP contribution in [0.4, 0.5) is 4.39 Å². The number of nitrogens with zero attached hydrogens (tertiary/aromatic N) is 1. The molecule has 0 spiro atoms. The highest BCUT2D eigenvalue weighted by molar-refractivity contribution is 7.71. The Kier molecular flexibility index (Phi) is 6.08. The van der Waals surface area contributed by atoms with Gasteiger partial charge in [0.1, 0.15) is 5.82 Å². The average Bonchev–Trinajstić information content (AvgIpc) is 2.98. The van der Waals surface area contributed by atoms with Gasteiger partial charge in [0.05, 0.1) is 18.0 Å². The van der Waals surface area contributed by atoms with Crippen LogP contribution >= 0.6 is 23.8 Å². The lowest BCUT2D eigenvalue weighted by Crippen LogP contribution is -2.09. The first-order valence-electron chi connectivity index (χ1n) is 8.54. The molecule has 0 aliphatic carbocycles. The molecule has 3 rings (SSSR count). The van der Waals surface area contributed by atoms with Crippen LogP contribution in [0, 0.1) is 16.0 Å². The molecule has 0 bridgehead atoms. The van der Waals surface area contributed by atoms with Crippen molar-refractivity contribution in [3.8, 4) is 22.5 Å². The van der Waals surface area contributed by atoms with Gasteiger partial charge >= 0.3 is 0 Å². The zero-order valence-electron chi connectivity index (χ0n) is 14.8. The first-order chi connectivity index (χ1) is 13.0. The molecule has 0 radical (unpaired) electrons. The highest BCUT2D eigenvalue weighted by Crippen LogP contribution is 2.33. The molecule has 140 valence electrons. The molecule has 0 saturated heterocycles. The van der Waals surface area contributed by atoms with Gasteiger partial charge in [-0.3, -0.25) is 5.41 Å². The Morgan fingerprint density at radius 1 is 1.15 bits per heavy atom. The van der Waals surface area contributed by atoms with Crippen LogP contribution in [-0.2, 0) is 11.3 Å². The summed E-state index contributed by atoms with van der Waals surface area (Å²) in [6, 6.07) is 13.7. The number of hydrogen-bond donors (Lipinski definition) is 2. The maximum Gasteiger partial charge on any atom is 0.182 e. The Morgan fingerprint density at radius 3 is 2.41 bits per heavy atom. The minimum absolute atomic E-state index is 0.214. The third-order valence-electron chi connectivity index (χ3n) is 4.12. The van der Waals surface area contributed by atoms with E-state index in [4.69, 9.17) is 34.0 Å². The Morgan fingerprint density at radius 2 is 1.78 bits per heavy atom. The molecule has 27 heavy (non-hydrogen) atoms. The number of ether oxygens (including phenoxy) is 1. The highest BCUT2D eigenvalue weighted by Gasteiger charge is 2.16. The number of rotatable bonds is 6. The van der Waals surface area contributed by atoms with E-state index in [1.807, 2.05) is 35.8 Å². The van der Waals surface area contributed by atoms with E-state index in [2.05, 4.69) is 4.98 Å². The van der Waals surface area contributed by atoms with Gasteiger partial charge < -0.3 is 14.3 Å². The zero-order chi connectivity index (χ0) is 19.4. The Labute approximate surface area is 167 Å². The van der Waals surface area contributed by atoms with Gasteiger partial charge in [0.15, 0.2) is 10.7 Å². The molecule has 0 aliphatic rings. The lowest BCUT2D eigenvalue weighted by molar-refractivity contribution is 0.311. The summed E-state index contributed by atoms with van der Waals surface area (Å²) >= 11 is 11.6. The van der Waals surface area contributed by atoms with Gasteiger partial charge in [-0.1, -0.05) is 23.7 Å². The monoisotopic (exact) mass is 403 g/mol. The number of benzene rings is 2. The highest BCUT2D eigenvalue weighted by atomic mass is 35.5. The first kappa shape index (κ1) is 19.3. The van der Waals surface area contributed by atoms with Crippen molar-refractivity contribution in [2.24, 2.45) is 0 Å². The maximum atomic E-state index is 13.3. The molecular weight excluding hydrogens is 385 g/mol. The van der Waals surface area contributed by atoms with Gasteiger partial charge in [-0.25, -0.2) is 4.39 Å². The molecular formula is C20H19ClFN3OS. The molecule has 3 aromatic rings. The van der Waals surface area contributed by atoms with E-state index in [0.29, 0.717) is 29.4 Å². The molecule has 0 unspecified atom stereocenters. The molecule has 7 heteroatoms. The van der Waals surface area contributed by atoms with Gasteiger partial charge in [-0.2, -0.15) is 0 Å². The molecule has 0 saturated carbocycles. The number of halogens is 2. The van der Waals surface area contributed by atoms with Crippen molar-refractivity contribution in [3.63, 3.8) is 0 Å². The minimum atomic E-state index is -0.296. The van der Waals surface area contributed by atoms with Crippen LogP contribution in [0.15, 0.2) is 48.5 Å². The van der Waals surface area contributed by atoms with Crippen LogP contribution in [0.5, 0.6) is 0 Å². The number of aromatic amines is 1. The largest absolute Gasteiger partial charge is 0.481 e. The minimum Gasteiger partial charge on any atom is -0.481 e. The number of aromatic nitrogens is 2. The summed E-state index contributed by atoms with van der Waals surface area (Å²) in [5, 5.41) is 8.51. The summed E-state index contributed by atoms with van der Waals surface area (Å²) in [6.45, 7) is 2.80. The number of H-pyrrole nitrogens is 1. The number of hydrogen-bond acceptors (Lipinski definition) is 3. The number of nitrogens with one attached hydrogen (secondary N) is 2. The summed E-state index contributed by atoms with van der Waals surface area (Å²) in [7, 11) is 0. The maximum absolute atomic E-state index is 13.3. The molecule has 0 amide bonds. The molecule has 1 aromatic heterocycles. The van der Waals surface area contributed by atoms with E-state index >= 15 is 0 Å². The quantitative estimate of drug-likeness (QED) is 0.298. The number of imidazole rings is 1. The zero-order valence-corrected chi connectivity index (χ0v) is 16.3. The topological polar surface area (TPSA) is 53.8 Å². The van der Waals surface area contributed by atoms with Crippen LogP contribution in [0.25, 0.3) is 22.5 Å². The van der Waals surface area contributed by atoms with E-state index in [1.165, 1.54) is 12.1 Å². The van der Waals surface area contributed by atoms with Gasteiger partial charge in [0, 0.05) is 29.1 Å². The predicted octanol–water partition coefficient (Wildman–Crippen LogP) is 6.08. The lowest BCUT2D eigenvalue weighted by Gasteiger charge is -2.12. The second kappa shape index (κ2) is 8.50. The van der Waals surface area contributed by atoms with Crippen molar-refractivity contribution in [3.05, 3.63) is 64.1 Å². The molecule has 2 N–H and O–H groups in total. The summed E-state index contributed by atoms with van der Waals surface area (Å²) in [6.07, 6.45) is 0.420. The second-order valence-electron chi connectivity index (χ2n) is 5.93. The normalized spacial score (nSPS) is 10.8. The third kappa shape index (κ3) is 4.46. The van der Waals surface area contributed by atoms with Crippen molar-refractivity contribution < 1.29 is 9.13 Å². The third-order valence-corrected chi connectivity index (χ3v) is 4.69. The van der Waals surface area contributed by atoms with E-state index in [9.17, 15) is 4.39 Å². The van der Waals surface area contributed by atoms with Crippen molar-refractivity contribution in [2.75, 3.05) is 6.61 Å². The average molecular weight is 404 g/mol. The van der Waals surface area contributed by atoms with Gasteiger partial charge in [-0.05, 0) is 55.5 Å². The summed E-state index contributed by atoms with van der Waals surface area (Å²) < 4.78 is 21.1. The molecule has 4 nitrogen and oxygen atoms in total. The van der Waals surface area contributed by atoms with Crippen molar-refractivity contribution in [1.82, 2.24) is 9.55 Å². The fourth-order valence-corrected chi connectivity index (χ4v) is 3.29. The smallest absolute Gasteiger partial charge is 0.182 e. The van der Waals surface area contributed by atoms with Crippen LogP contribution in [0.1, 0.15) is 13.3 Å². The molecule has 2 aromatic carbocycles. The Hall–Kier alpha value is -2.44. The van der Waals surface area contributed by atoms with Crippen LogP contribution < -0.4 is 0 Å². The summed E-state index contributed by atoms with van der Waals surface area (Å²) in [4.78, 5) is 3.23. The standard InChI is InChI=1S/C20H19ClFN3OS/c1-2-26-17(23)11-12-25-19(14-3-7-15(21)8-4-14)18(24-20(25)27)13-5-9-16(22)10-6-13/h3-10,23H,2,11-12H2,1H3,(H,24,27). The first-order valence-corrected chi connectivity index (χ1v) is 9.33. The fourth-order valence-electron chi connectivity index (χ4n) is 2.88. The predicted molar refractivity (Wildman–Crippen MR) is 109 cm³/mol. The molecule has 0 aliphatic heterocycles. The summed E-state index contributed by atoms with van der Waals surface area (Å²) in [5.41, 5.74) is 3.41. The van der Waals surface area contributed by atoms with Crippen molar-refractivity contribution in [1.29, 1.82) is 5.41 Å². The Bertz CT molecular complexity index is 994. The fraction of sp³-hybridized carbons (Fsp3) is 0.200. The SMILES string of the molecule is CCOC(=N)CCn1c(-c2ccc(Cl)cc2)c(-c2ccc(F)cc2)[nH]c1=S. The molecule has 0 fully saturated rings. The molecule has 0 atom stereocenters. The van der Waals surface area contributed by atoms with Crippen LogP contribution in [0.3, 0.4) is 0 Å². The van der Waals surface area contributed by atoms with E-state index < -0.39 is 0 Å².